The Morgan fingerprint density at radius 2 is 1.85 bits per heavy atom. The summed E-state index contributed by atoms with van der Waals surface area (Å²) in [6.45, 7) is 6.87. The number of nitrogens with zero attached hydrogens (tertiary/aromatic N) is 2. The summed E-state index contributed by atoms with van der Waals surface area (Å²) in [5, 5.41) is 7.12. The van der Waals surface area contributed by atoms with Gasteiger partial charge in [-0.25, -0.2) is 4.79 Å². The van der Waals surface area contributed by atoms with Crippen LogP contribution in [0.3, 0.4) is 0 Å². The van der Waals surface area contributed by atoms with Crippen LogP contribution in [0, 0.1) is 12.8 Å². The van der Waals surface area contributed by atoms with Gasteiger partial charge in [0.05, 0.1) is 5.60 Å². The van der Waals surface area contributed by atoms with Crippen LogP contribution in [0.25, 0.3) is 0 Å². The van der Waals surface area contributed by atoms with Crippen molar-refractivity contribution in [3.8, 4) is 0 Å². The van der Waals surface area contributed by atoms with Crippen LogP contribution >= 0.6 is 0 Å². The van der Waals surface area contributed by atoms with Gasteiger partial charge in [0.2, 0.25) is 5.91 Å². The molecule has 2 heterocycles. The molecule has 186 valence electrons. The maximum absolute atomic E-state index is 11.5. The van der Waals surface area contributed by atoms with Gasteiger partial charge in [0.25, 0.3) is 0 Å². The highest BCUT2D eigenvalue weighted by Gasteiger charge is 2.47. The second kappa shape index (κ2) is 11.8. The molecule has 33 heavy (non-hydrogen) atoms. The fourth-order valence-corrected chi connectivity index (χ4v) is 3.97. The minimum absolute atomic E-state index is 0.0270. The van der Waals surface area contributed by atoms with Gasteiger partial charge in [-0.15, -0.1) is 0 Å². The summed E-state index contributed by atoms with van der Waals surface area (Å²) in [7, 11) is 3.51. The minimum Gasteiger partial charge on any atom is -0.475 e. The van der Waals surface area contributed by atoms with Gasteiger partial charge in [0.1, 0.15) is 6.61 Å². The van der Waals surface area contributed by atoms with Gasteiger partial charge in [0, 0.05) is 46.9 Å². The molecule has 2 saturated heterocycles. The van der Waals surface area contributed by atoms with Crippen LogP contribution in [-0.4, -0.2) is 85.6 Å². The van der Waals surface area contributed by atoms with E-state index in [0.29, 0.717) is 12.5 Å². The molecule has 1 aromatic carbocycles. The topological polar surface area (TPSA) is 79.3 Å². The first-order valence-corrected chi connectivity index (χ1v) is 10.9. The molecular weight excluding hydrogens is 441 g/mol. The van der Waals surface area contributed by atoms with Crippen molar-refractivity contribution in [1.29, 1.82) is 0 Å². The Labute approximate surface area is 192 Å². The highest BCUT2D eigenvalue weighted by molar-refractivity contribution is 5.76. The van der Waals surface area contributed by atoms with Gasteiger partial charge in [-0.2, -0.15) is 13.2 Å². The van der Waals surface area contributed by atoms with Crippen molar-refractivity contribution in [3.63, 3.8) is 0 Å². The highest BCUT2D eigenvalue weighted by Crippen LogP contribution is 2.38. The van der Waals surface area contributed by atoms with E-state index in [9.17, 15) is 18.0 Å². The summed E-state index contributed by atoms with van der Waals surface area (Å²) in [5.41, 5.74) is 2.73. The van der Waals surface area contributed by atoms with E-state index in [1.165, 1.54) is 11.1 Å². The molecule has 1 unspecified atom stereocenters. The number of carbonyl (C=O) groups excluding carboxylic acids is 1. The molecule has 1 spiro atoms. The number of aliphatic carboxylic acids is 1. The first kappa shape index (κ1) is 27.1. The van der Waals surface area contributed by atoms with E-state index in [1.807, 2.05) is 0 Å². The third kappa shape index (κ3) is 8.94. The first-order valence-electron chi connectivity index (χ1n) is 10.9. The molecule has 1 aromatic rings. The lowest BCUT2D eigenvalue weighted by Gasteiger charge is -2.53. The maximum Gasteiger partial charge on any atom is 0.490 e. The lowest BCUT2D eigenvalue weighted by molar-refractivity contribution is -0.192. The molecule has 1 amide bonds. The highest BCUT2D eigenvalue weighted by atomic mass is 19.4. The Balaban J connectivity index is 0.000000479. The zero-order valence-corrected chi connectivity index (χ0v) is 19.4. The molecule has 1 atom stereocenters. The van der Waals surface area contributed by atoms with Crippen LogP contribution in [-0.2, 0) is 25.6 Å². The van der Waals surface area contributed by atoms with Crippen molar-refractivity contribution in [2.75, 3.05) is 47.0 Å². The molecule has 0 aliphatic carbocycles. The minimum atomic E-state index is -5.08. The third-order valence-electron chi connectivity index (χ3n) is 5.78. The summed E-state index contributed by atoms with van der Waals surface area (Å²) < 4.78 is 43.4. The Morgan fingerprint density at radius 1 is 1.24 bits per heavy atom. The molecule has 2 aliphatic rings. The van der Waals surface area contributed by atoms with E-state index >= 15 is 0 Å². The number of halogens is 3. The van der Waals surface area contributed by atoms with Crippen molar-refractivity contribution in [1.82, 2.24) is 9.80 Å². The molecule has 2 fully saturated rings. The number of hydrogen-bond donors (Lipinski definition) is 1. The largest absolute Gasteiger partial charge is 0.490 e. The number of alkyl halides is 3. The Morgan fingerprint density at radius 3 is 2.39 bits per heavy atom. The van der Waals surface area contributed by atoms with Crippen LogP contribution in [0.2, 0.25) is 0 Å². The lowest BCUT2D eigenvalue weighted by atomic mass is 9.79. The smallest absolute Gasteiger partial charge is 0.475 e. The van der Waals surface area contributed by atoms with Crippen LogP contribution in [0.1, 0.15) is 30.4 Å². The molecule has 7 nitrogen and oxygen atoms in total. The number of carbonyl (C=O) groups is 2. The van der Waals surface area contributed by atoms with E-state index in [4.69, 9.17) is 19.4 Å². The number of carboxylic acid groups (broad SMARTS) is 1. The molecule has 0 radical (unpaired) electrons. The number of ether oxygens (including phenoxy) is 2. The van der Waals surface area contributed by atoms with Gasteiger partial charge in [0.15, 0.2) is 0 Å². The monoisotopic (exact) mass is 474 g/mol. The summed E-state index contributed by atoms with van der Waals surface area (Å²) >= 11 is 0. The lowest BCUT2D eigenvalue weighted by Crippen LogP contribution is -2.64. The number of amides is 1. The second-order valence-electron chi connectivity index (χ2n) is 8.95. The molecule has 1 N–H and O–H groups in total. The number of hydrogen-bond acceptors (Lipinski definition) is 5. The molecule has 0 saturated carbocycles. The van der Waals surface area contributed by atoms with Crippen LogP contribution < -0.4 is 0 Å². The molecule has 10 heteroatoms. The van der Waals surface area contributed by atoms with Crippen LogP contribution in [0.5, 0.6) is 0 Å². The fraction of sp³-hybridized carbons (Fsp3) is 0.652. The maximum atomic E-state index is 11.5. The average Bonchev–Trinajstić information content (AvgIpc) is 2.71. The number of likely N-dealkylation sites (N-methyl/N-ethyl adjacent to an activating group) is 1. The first-order chi connectivity index (χ1) is 15.4. The number of likely N-dealkylation sites (tertiary alicyclic amines) is 1. The third-order valence-corrected chi connectivity index (χ3v) is 5.78. The predicted octanol–water partition coefficient (Wildman–Crippen LogP) is 3.10. The van der Waals surface area contributed by atoms with Crippen molar-refractivity contribution in [2.45, 2.75) is 44.5 Å². The van der Waals surface area contributed by atoms with E-state index in [-0.39, 0.29) is 18.1 Å². The van der Waals surface area contributed by atoms with Crippen molar-refractivity contribution < 1.29 is 37.3 Å². The molecular formula is C23H33F3N2O5. The van der Waals surface area contributed by atoms with E-state index in [2.05, 4.69) is 36.1 Å². The van der Waals surface area contributed by atoms with Gasteiger partial charge in [-0.3, -0.25) is 9.69 Å². The predicted molar refractivity (Wildman–Crippen MR) is 116 cm³/mol. The number of benzene rings is 1. The normalized spacial score (nSPS) is 19.9. The summed E-state index contributed by atoms with van der Waals surface area (Å²) in [6.07, 6.45) is -1.85. The summed E-state index contributed by atoms with van der Waals surface area (Å²) in [5.74, 6) is -2.09. The Bertz CT molecular complexity index is 777. The van der Waals surface area contributed by atoms with Gasteiger partial charge in [-0.05, 0) is 37.7 Å². The van der Waals surface area contributed by atoms with Gasteiger partial charge >= 0.3 is 12.1 Å². The van der Waals surface area contributed by atoms with E-state index in [0.717, 1.165) is 45.5 Å². The number of rotatable bonds is 7. The van der Waals surface area contributed by atoms with Crippen molar-refractivity contribution >= 4 is 11.9 Å². The SMILES string of the molecule is Cc1ccc(CN2CC3(CC(CCOCC(=O)N(C)C)CCO3)C2)cc1.O=C(O)C(F)(F)F. The van der Waals surface area contributed by atoms with Gasteiger partial charge < -0.3 is 19.5 Å². The van der Waals surface area contributed by atoms with Crippen LogP contribution in [0.4, 0.5) is 13.2 Å². The summed E-state index contributed by atoms with van der Waals surface area (Å²) in [6, 6.07) is 8.80. The zero-order valence-electron chi connectivity index (χ0n) is 19.4. The zero-order chi connectivity index (χ0) is 24.6. The summed E-state index contributed by atoms with van der Waals surface area (Å²) in [4.78, 5) is 24.5. The average molecular weight is 475 g/mol. The Hall–Kier alpha value is -2.17. The van der Waals surface area contributed by atoms with Gasteiger partial charge in [-0.1, -0.05) is 29.8 Å². The van der Waals surface area contributed by atoms with Crippen molar-refractivity contribution in [2.24, 2.45) is 5.92 Å². The molecule has 0 aromatic heterocycles. The quantitative estimate of drug-likeness (QED) is 0.612. The van der Waals surface area contributed by atoms with E-state index in [1.54, 1.807) is 19.0 Å². The second-order valence-corrected chi connectivity index (χ2v) is 8.95. The standard InChI is InChI=1S/C21H32N2O3.C2HF3O2/c1-17-4-6-19(7-5-17)13-23-15-21(16-23)12-18(9-11-26-21)8-10-25-14-20(24)22(2)3;3-2(4,5)1(6)7/h4-7,18H,8-16H2,1-3H3;(H,6,7). The fourth-order valence-electron chi connectivity index (χ4n) is 3.97. The number of aryl methyl sites for hydroxylation is 1. The Kier molecular flexibility index (Phi) is 9.69. The number of carboxylic acids is 1. The molecule has 0 bridgehead atoms. The molecule has 2 aliphatic heterocycles. The van der Waals surface area contributed by atoms with Crippen LogP contribution in [0.15, 0.2) is 24.3 Å². The molecule has 3 rings (SSSR count). The van der Waals surface area contributed by atoms with E-state index < -0.39 is 12.1 Å². The van der Waals surface area contributed by atoms with Crippen molar-refractivity contribution in [3.05, 3.63) is 35.4 Å².